The topological polar surface area (TPSA) is 57.6 Å². The maximum absolute atomic E-state index is 11.4. The first-order valence-electron chi connectivity index (χ1n) is 4.78. The lowest BCUT2D eigenvalue weighted by Gasteiger charge is -2.37. The van der Waals surface area contributed by atoms with Crippen LogP contribution < -0.4 is 0 Å². The smallest absolute Gasteiger partial charge is 0.315 e. The van der Waals surface area contributed by atoms with Crippen LogP contribution in [0, 0.1) is 5.41 Å². The van der Waals surface area contributed by atoms with Gasteiger partial charge in [0.2, 0.25) is 5.91 Å². The van der Waals surface area contributed by atoms with E-state index in [0.29, 0.717) is 25.0 Å². The van der Waals surface area contributed by atoms with Gasteiger partial charge in [0, 0.05) is 19.2 Å². The number of nitrogens with zero attached hydrogens (tertiary/aromatic N) is 1. The van der Waals surface area contributed by atoms with E-state index in [4.69, 9.17) is 0 Å². The first kappa shape index (κ1) is 9.24. The second kappa shape index (κ2) is 2.83. The molecule has 14 heavy (non-hydrogen) atoms. The Labute approximate surface area is 82.2 Å². The van der Waals surface area contributed by atoms with Gasteiger partial charge in [-0.05, 0) is 19.3 Å². The molecule has 76 valence electrons. The van der Waals surface area contributed by atoms with Crippen molar-refractivity contribution in [2.75, 3.05) is 7.05 Å². The number of amides is 1. The summed E-state index contributed by atoms with van der Waals surface area (Å²) in [6.45, 7) is 0. The van der Waals surface area contributed by atoms with Crippen LogP contribution in [0.1, 0.15) is 25.7 Å². The van der Waals surface area contributed by atoms with E-state index < -0.39 is 11.4 Å². The van der Waals surface area contributed by atoms with Crippen LogP contribution in [0.4, 0.5) is 0 Å². The van der Waals surface area contributed by atoms with Crippen LogP contribution in [-0.4, -0.2) is 28.9 Å². The lowest BCUT2D eigenvalue weighted by molar-refractivity contribution is -0.151. The minimum Gasteiger partial charge on any atom is -0.481 e. The normalized spacial score (nSPS) is 31.4. The van der Waals surface area contributed by atoms with Crippen molar-refractivity contribution in [2.24, 2.45) is 5.41 Å². The Morgan fingerprint density at radius 1 is 1.57 bits per heavy atom. The summed E-state index contributed by atoms with van der Waals surface area (Å²) in [5.74, 6) is -0.768. The van der Waals surface area contributed by atoms with E-state index in [1.54, 1.807) is 7.05 Å². The maximum Gasteiger partial charge on any atom is 0.315 e. The zero-order chi connectivity index (χ0) is 10.3. The number of allylic oxidation sites excluding steroid dienone is 1. The van der Waals surface area contributed by atoms with Crippen LogP contribution in [-0.2, 0) is 9.59 Å². The molecule has 1 aliphatic heterocycles. The molecule has 1 heterocycles. The number of rotatable bonds is 1. The quantitative estimate of drug-likeness (QED) is 0.678. The number of carboxylic acid groups (broad SMARTS) is 1. The number of carbonyl (C=O) groups is 2. The predicted molar refractivity (Wildman–Crippen MR) is 49.4 cm³/mol. The van der Waals surface area contributed by atoms with Gasteiger partial charge < -0.3 is 10.0 Å². The molecule has 0 saturated carbocycles. The van der Waals surface area contributed by atoms with Crippen molar-refractivity contribution in [1.29, 1.82) is 0 Å². The SMILES string of the molecule is CN1C(=O)CC[C@@]2(C(=O)O)CCC=C12. The Balaban J connectivity index is 2.40. The number of hydrogen-bond donors (Lipinski definition) is 1. The average molecular weight is 195 g/mol. The number of likely N-dealkylation sites (tertiary alicyclic amines) is 1. The maximum atomic E-state index is 11.4. The summed E-state index contributed by atoms with van der Waals surface area (Å²) in [5, 5.41) is 9.22. The molecule has 1 fully saturated rings. The molecule has 1 N–H and O–H groups in total. The van der Waals surface area contributed by atoms with Gasteiger partial charge in [0.15, 0.2) is 0 Å². The summed E-state index contributed by atoms with van der Waals surface area (Å²) in [6, 6.07) is 0. The van der Waals surface area contributed by atoms with Crippen molar-refractivity contribution < 1.29 is 14.7 Å². The molecule has 2 aliphatic rings. The summed E-state index contributed by atoms with van der Waals surface area (Å²) < 4.78 is 0. The zero-order valence-electron chi connectivity index (χ0n) is 8.12. The van der Waals surface area contributed by atoms with Crippen LogP contribution in [0.3, 0.4) is 0 Å². The molecule has 1 atom stereocenters. The second-order valence-corrected chi connectivity index (χ2v) is 3.97. The van der Waals surface area contributed by atoms with Crippen molar-refractivity contribution in [2.45, 2.75) is 25.7 Å². The average Bonchev–Trinajstić information content (AvgIpc) is 2.57. The lowest BCUT2D eigenvalue weighted by Crippen LogP contribution is -2.44. The summed E-state index contributed by atoms with van der Waals surface area (Å²) >= 11 is 0. The summed E-state index contributed by atoms with van der Waals surface area (Å²) in [6.07, 6.45) is 4.08. The van der Waals surface area contributed by atoms with Gasteiger partial charge in [0.25, 0.3) is 0 Å². The number of hydrogen-bond acceptors (Lipinski definition) is 2. The highest BCUT2D eigenvalue weighted by Gasteiger charge is 2.49. The molecule has 0 aromatic heterocycles. The molecule has 0 aromatic carbocycles. The van der Waals surface area contributed by atoms with Crippen LogP contribution in [0.2, 0.25) is 0 Å². The fourth-order valence-corrected chi connectivity index (χ4v) is 2.44. The molecule has 0 spiro atoms. The van der Waals surface area contributed by atoms with Gasteiger partial charge >= 0.3 is 5.97 Å². The Morgan fingerprint density at radius 3 is 2.93 bits per heavy atom. The molecule has 4 nitrogen and oxygen atoms in total. The van der Waals surface area contributed by atoms with E-state index in [1.807, 2.05) is 6.08 Å². The first-order chi connectivity index (χ1) is 6.58. The van der Waals surface area contributed by atoms with Crippen molar-refractivity contribution in [3.63, 3.8) is 0 Å². The Bertz CT molecular complexity index is 334. The van der Waals surface area contributed by atoms with E-state index in [9.17, 15) is 14.7 Å². The van der Waals surface area contributed by atoms with Crippen molar-refractivity contribution in [3.8, 4) is 0 Å². The number of aliphatic carboxylic acids is 1. The third-order valence-corrected chi connectivity index (χ3v) is 3.31. The first-order valence-corrected chi connectivity index (χ1v) is 4.78. The van der Waals surface area contributed by atoms with E-state index >= 15 is 0 Å². The van der Waals surface area contributed by atoms with E-state index in [0.717, 1.165) is 6.42 Å². The number of carboxylic acids is 1. The standard InChI is InChI=1S/C10H13NO3/c1-11-7-3-2-5-10(7,9(13)14)6-4-8(11)12/h3H,2,4-6H2,1H3,(H,13,14)/t10-/m0/s1. The highest BCUT2D eigenvalue weighted by Crippen LogP contribution is 2.47. The Hall–Kier alpha value is -1.32. The van der Waals surface area contributed by atoms with Gasteiger partial charge in [-0.2, -0.15) is 0 Å². The molecule has 1 amide bonds. The Morgan fingerprint density at radius 2 is 2.29 bits per heavy atom. The molecule has 0 aromatic rings. The van der Waals surface area contributed by atoms with Crippen molar-refractivity contribution in [1.82, 2.24) is 4.90 Å². The largest absolute Gasteiger partial charge is 0.481 e. The highest BCUT2D eigenvalue weighted by atomic mass is 16.4. The molecule has 1 saturated heterocycles. The lowest BCUT2D eigenvalue weighted by atomic mass is 9.77. The van der Waals surface area contributed by atoms with E-state index in [2.05, 4.69) is 0 Å². The summed E-state index contributed by atoms with van der Waals surface area (Å²) in [5.41, 5.74) is -0.0795. The van der Waals surface area contributed by atoms with Crippen LogP contribution >= 0.6 is 0 Å². The van der Waals surface area contributed by atoms with E-state index in [-0.39, 0.29) is 5.91 Å². The molecule has 2 rings (SSSR count). The van der Waals surface area contributed by atoms with Gasteiger partial charge in [-0.15, -0.1) is 0 Å². The van der Waals surface area contributed by atoms with Gasteiger partial charge in [-0.1, -0.05) is 6.08 Å². The van der Waals surface area contributed by atoms with Crippen LogP contribution in [0.25, 0.3) is 0 Å². The Kier molecular flexibility index (Phi) is 1.87. The van der Waals surface area contributed by atoms with Gasteiger partial charge in [-0.25, -0.2) is 0 Å². The molecule has 0 unspecified atom stereocenters. The van der Waals surface area contributed by atoms with Gasteiger partial charge in [0.1, 0.15) is 5.41 Å². The van der Waals surface area contributed by atoms with E-state index in [1.165, 1.54) is 4.90 Å². The molecule has 1 aliphatic carbocycles. The minimum atomic E-state index is -0.791. The third-order valence-electron chi connectivity index (χ3n) is 3.31. The predicted octanol–water partition coefficient (Wildman–Crippen LogP) is 0.987. The number of fused-ring (bicyclic) bond motifs is 1. The van der Waals surface area contributed by atoms with Gasteiger partial charge in [-0.3, -0.25) is 9.59 Å². The zero-order valence-corrected chi connectivity index (χ0v) is 8.12. The monoisotopic (exact) mass is 195 g/mol. The third kappa shape index (κ3) is 0.997. The van der Waals surface area contributed by atoms with Crippen LogP contribution in [0.15, 0.2) is 11.8 Å². The highest BCUT2D eigenvalue weighted by molar-refractivity contribution is 5.87. The van der Waals surface area contributed by atoms with Crippen molar-refractivity contribution >= 4 is 11.9 Å². The van der Waals surface area contributed by atoms with Gasteiger partial charge in [0.05, 0.1) is 0 Å². The molecular weight excluding hydrogens is 182 g/mol. The fraction of sp³-hybridized carbons (Fsp3) is 0.600. The number of carbonyl (C=O) groups excluding carboxylic acids is 1. The molecule has 0 bridgehead atoms. The van der Waals surface area contributed by atoms with Crippen LogP contribution in [0.5, 0.6) is 0 Å². The minimum absolute atomic E-state index is 0.0232. The second-order valence-electron chi connectivity index (χ2n) is 3.97. The summed E-state index contributed by atoms with van der Waals surface area (Å²) in [4.78, 5) is 24.1. The summed E-state index contributed by atoms with van der Waals surface area (Å²) in [7, 11) is 1.66. The van der Waals surface area contributed by atoms with Crippen molar-refractivity contribution in [3.05, 3.63) is 11.8 Å². The fourth-order valence-electron chi connectivity index (χ4n) is 2.44. The number of piperidine rings is 1. The molecule has 4 heteroatoms. The molecule has 0 radical (unpaired) electrons. The molecular formula is C10H13NO3.